The Balaban J connectivity index is 3.71. The van der Waals surface area contributed by atoms with Crippen molar-refractivity contribution in [1.29, 1.82) is 0 Å². The molecule has 1 atom stereocenters. The van der Waals surface area contributed by atoms with E-state index in [4.69, 9.17) is 9.47 Å². The number of rotatable bonds is 12. The zero-order chi connectivity index (χ0) is 15.9. The van der Waals surface area contributed by atoms with Gasteiger partial charge in [0.1, 0.15) is 0 Å². The summed E-state index contributed by atoms with van der Waals surface area (Å²) in [4.78, 5) is 23.0. The molecule has 0 saturated heterocycles. The second-order valence-corrected chi connectivity index (χ2v) is 5.57. The number of carbonyl (C=O) groups is 2. The van der Waals surface area contributed by atoms with Crippen LogP contribution in [0.5, 0.6) is 0 Å². The number of hydrogen-bond donors (Lipinski definition) is 0. The Morgan fingerprint density at radius 1 is 0.810 bits per heavy atom. The topological polar surface area (TPSA) is 52.6 Å². The molecule has 0 aromatic heterocycles. The van der Waals surface area contributed by atoms with Crippen molar-refractivity contribution in [3.05, 3.63) is 0 Å². The van der Waals surface area contributed by atoms with Gasteiger partial charge in [-0.05, 0) is 18.8 Å². The molecule has 21 heavy (non-hydrogen) atoms. The molecule has 0 rings (SSSR count). The Labute approximate surface area is 129 Å². The molecular formula is C17H32O4. The van der Waals surface area contributed by atoms with Crippen LogP contribution in [0.3, 0.4) is 0 Å². The lowest BCUT2D eigenvalue weighted by Gasteiger charge is -2.14. The molecule has 4 heteroatoms. The highest BCUT2D eigenvalue weighted by Gasteiger charge is 2.18. The maximum Gasteiger partial charge on any atom is 0.417 e. The van der Waals surface area contributed by atoms with Gasteiger partial charge in [-0.3, -0.25) is 0 Å². The summed E-state index contributed by atoms with van der Waals surface area (Å²) < 4.78 is 9.95. The van der Waals surface area contributed by atoms with E-state index >= 15 is 0 Å². The van der Waals surface area contributed by atoms with Crippen molar-refractivity contribution in [3.63, 3.8) is 0 Å². The predicted octanol–water partition coefficient (Wildman–Crippen LogP) is 4.26. The summed E-state index contributed by atoms with van der Waals surface area (Å²) >= 11 is 0. The van der Waals surface area contributed by atoms with E-state index in [2.05, 4.69) is 20.8 Å². The Bertz CT molecular complexity index is 276. The third-order valence-corrected chi connectivity index (χ3v) is 3.64. The molecule has 1 unspecified atom stereocenters. The minimum absolute atomic E-state index is 0.310. The summed E-state index contributed by atoms with van der Waals surface area (Å²) in [5.74, 6) is -1.36. The second-order valence-electron chi connectivity index (χ2n) is 5.57. The lowest BCUT2D eigenvalue weighted by Crippen LogP contribution is -2.23. The maximum atomic E-state index is 11.5. The molecule has 0 aliphatic carbocycles. The van der Waals surface area contributed by atoms with Crippen LogP contribution in [0.15, 0.2) is 0 Å². The van der Waals surface area contributed by atoms with Gasteiger partial charge >= 0.3 is 11.9 Å². The summed E-state index contributed by atoms with van der Waals surface area (Å²) in [5, 5.41) is 0. The molecule has 0 bridgehead atoms. The van der Waals surface area contributed by atoms with Crippen LogP contribution in [0.1, 0.15) is 78.6 Å². The SMILES string of the molecule is CCCCCCCOC(=O)C(=O)OCC(CC)CCCC. The molecule has 0 aliphatic heterocycles. The molecular weight excluding hydrogens is 268 g/mol. The van der Waals surface area contributed by atoms with Crippen LogP contribution in [-0.4, -0.2) is 25.2 Å². The van der Waals surface area contributed by atoms with E-state index in [1.54, 1.807) is 0 Å². The standard InChI is InChI=1S/C17H32O4/c1-4-7-9-10-11-13-20-16(18)17(19)21-14-15(6-3)12-8-5-2/h15H,4-14H2,1-3H3. The monoisotopic (exact) mass is 300 g/mol. The van der Waals surface area contributed by atoms with Crippen molar-refractivity contribution in [2.75, 3.05) is 13.2 Å². The van der Waals surface area contributed by atoms with Crippen molar-refractivity contribution in [3.8, 4) is 0 Å². The van der Waals surface area contributed by atoms with E-state index in [0.717, 1.165) is 44.9 Å². The van der Waals surface area contributed by atoms with Gasteiger partial charge < -0.3 is 9.47 Å². The first-order chi connectivity index (χ1) is 10.2. The lowest BCUT2D eigenvalue weighted by atomic mass is 10.0. The normalized spacial score (nSPS) is 12.0. The van der Waals surface area contributed by atoms with Gasteiger partial charge in [-0.15, -0.1) is 0 Å². The first-order valence-electron chi connectivity index (χ1n) is 8.49. The van der Waals surface area contributed by atoms with E-state index in [-0.39, 0.29) is 0 Å². The summed E-state index contributed by atoms with van der Waals surface area (Å²) in [6.45, 7) is 6.99. The first-order valence-corrected chi connectivity index (χ1v) is 8.49. The summed E-state index contributed by atoms with van der Waals surface area (Å²) in [5.41, 5.74) is 0. The van der Waals surface area contributed by atoms with Crippen LogP contribution < -0.4 is 0 Å². The molecule has 0 aromatic rings. The van der Waals surface area contributed by atoms with Gasteiger partial charge in [0.2, 0.25) is 0 Å². The maximum absolute atomic E-state index is 11.5. The number of hydrogen-bond acceptors (Lipinski definition) is 4. The largest absolute Gasteiger partial charge is 0.457 e. The molecule has 0 N–H and O–H groups in total. The number of carbonyl (C=O) groups excluding carboxylic acids is 2. The first kappa shape index (κ1) is 19.9. The Kier molecular flexibility index (Phi) is 13.2. The molecule has 0 radical (unpaired) electrons. The zero-order valence-electron chi connectivity index (χ0n) is 14.0. The average Bonchev–Trinajstić information content (AvgIpc) is 2.50. The minimum atomic E-state index is -0.851. The summed E-state index contributed by atoms with van der Waals surface area (Å²) in [7, 11) is 0. The van der Waals surface area contributed by atoms with Crippen LogP contribution in [0.4, 0.5) is 0 Å². The van der Waals surface area contributed by atoms with Crippen LogP contribution in [-0.2, 0) is 19.1 Å². The van der Waals surface area contributed by atoms with Crippen LogP contribution in [0.25, 0.3) is 0 Å². The molecule has 0 amide bonds. The molecule has 0 saturated carbocycles. The van der Waals surface area contributed by atoms with Crippen LogP contribution >= 0.6 is 0 Å². The second kappa shape index (κ2) is 13.9. The molecule has 0 aromatic carbocycles. The highest BCUT2D eigenvalue weighted by molar-refractivity contribution is 6.29. The van der Waals surface area contributed by atoms with Gasteiger partial charge in [0.15, 0.2) is 0 Å². The number of esters is 2. The predicted molar refractivity (Wildman–Crippen MR) is 84.0 cm³/mol. The van der Waals surface area contributed by atoms with E-state index in [1.165, 1.54) is 12.8 Å². The zero-order valence-corrected chi connectivity index (χ0v) is 14.0. The molecule has 0 fully saturated rings. The van der Waals surface area contributed by atoms with Crippen LogP contribution in [0, 0.1) is 5.92 Å². The highest BCUT2D eigenvalue weighted by Crippen LogP contribution is 2.13. The van der Waals surface area contributed by atoms with Gasteiger partial charge in [0.05, 0.1) is 13.2 Å². The third-order valence-electron chi connectivity index (χ3n) is 3.64. The average molecular weight is 300 g/mol. The third kappa shape index (κ3) is 11.3. The van der Waals surface area contributed by atoms with Gasteiger partial charge in [0, 0.05) is 0 Å². The summed E-state index contributed by atoms with van der Waals surface area (Å²) in [6.07, 6.45) is 9.62. The van der Waals surface area contributed by atoms with E-state index in [9.17, 15) is 9.59 Å². The van der Waals surface area contributed by atoms with Gasteiger partial charge in [-0.25, -0.2) is 9.59 Å². The van der Waals surface area contributed by atoms with Gasteiger partial charge in [0.25, 0.3) is 0 Å². The Hall–Kier alpha value is -1.06. The highest BCUT2D eigenvalue weighted by atomic mass is 16.6. The van der Waals surface area contributed by atoms with Crippen molar-refractivity contribution < 1.29 is 19.1 Å². The quantitative estimate of drug-likeness (QED) is 0.307. The fraction of sp³-hybridized carbons (Fsp3) is 0.882. The molecule has 0 aliphatic rings. The van der Waals surface area contributed by atoms with Crippen molar-refractivity contribution in [2.24, 2.45) is 5.92 Å². The van der Waals surface area contributed by atoms with Crippen molar-refractivity contribution >= 4 is 11.9 Å². The molecule has 4 nitrogen and oxygen atoms in total. The fourth-order valence-corrected chi connectivity index (χ4v) is 2.08. The molecule has 0 spiro atoms. The number of ether oxygens (including phenoxy) is 2. The minimum Gasteiger partial charge on any atom is -0.457 e. The Morgan fingerprint density at radius 2 is 1.43 bits per heavy atom. The van der Waals surface area contributed by atoms with Crippen molar-refractivity contribution in [2.45, 2.75) is 78.6 Å². The lowest BCUT2D eigenvalue weighted by molar-refractivity contribution is -0.168. The van der Waals surface area contributed by atoms with Crippen LogP contribution in [0.2, 0.25) is 0 Å². The number of unbranched alkanes of at least 4 members (excludes halogenated alkanes) is 5. The molecule has 124 valence electrons. The Morgan fingerprint density at radius 3 is 2.05 bits per heavy atom. The smallest absolute Gasteiger partial charge is 0.417 e. The van der Waals surface area contributed by atoms with Gasteiger partial charge in [-0.2, -0.15) is 0 Å². The van der Waals surface area contributed by atoms with Crippen molar-refractivity contribution in [1.82, 2.24) is 0 Å². The fourth-order valence-electron chi connectivity index (χ4n) is 2.08. The van der Waals surface area contributed by atoms with Gasteiger partial charge in [-0.1, -0.05) is 65.7 Å². The van der Waals surface area contributed by atoms with E-state index < -0.39 is 11.9 Å². The van der Waals surface area contributed by atoms with E-state index in [1.807, 2.05) is 0 Å². The summed E-state index contributed by atoms with van der Waals surface area (Å²) in [6, 6.07) is 0. The molecule has 0 heterocycles. The van der Waals surface area contributed by atoms with E-state index in [0.29, 0.717) is 19.1 Å².